The third kappa shape index (κ3) is 4.20. The van der Waals surface area contributed by atoms with Crippen molar-refractivity contribution < 1.29 is 13.9 Å². The maximum atomic E-state index is 13.7. The van der Waals surface area contributed by atoms with Crippen molar-refractivity contribution in [2.75, 3.05) is 12.0 Å². The van der Waals surface area contributed by atoms with Crippen molar-refractivity contribution >= 4 is 45.1 Å². The lowest BCUT2D eigenvalue weighted by atomic mass is 9.98. The van der Waals surface area contributed by atoms with E-state index in [0.29, 0.717) is 27.4 Å². The van der Waals surface area contributed by atoms with Crippen LogP contribution in [0.1, 0.15) is 38.9 Å². The maximum absolute atomic E-state index is 13.7. The minimum atomic E-state index is -0.721. The highest BCUT2D eigenvalue weighted by Crippen LogP contribution is 2.43. The highest BCUT2D eigenvalue weighted by atomic mass is 32.2. The summed E-state index contributed by atoms with van der Waals surface area (Å²) < 4.78 is 12.2. The Balaban J connectivity index is 1.43. The molecule has 184 valence electrons. The number of benzene rings is 3. The molecule has 37 heavy (non-hydrogen) atoms. The number of para-hydroxylation sites is 1. The number of nitrogens with zero attached hydrogens (tertiary/aromatic N) is 3. The number of hydrogen-bond donors (Lipinski definition) is 0. The van der Waals surface area contributed by atoms with E-state index in [1.807, 2.05) is 24.3 Å². The van der Waals surface area contributed by atoms with E-state index < -0.39 is 11.9 Å². The quantitative estimate of drug-likeness (QED) is 0.198. The summed E-state index contributed by atoms with van der Waals surface area (Å²) in [6.45, 7) is 2.06. The monoisotopic (exact) mass is 527 g/mol. The molecule has 0 radical (unpaired) electrons. The molecule has 0 saturated carbocycles. The standard InChI is InChI=1S/C28H21N3O4S2/c1-16-10-12-17(13-11-16)15-36-28-30-29-27(37-28)31-23(18-6-5-7-19(14-18)34-2)22-24(32)20-8-3-4-9-21(20)35-25(22)26(31)33/h3-14,23H,15H2,1-2H3. The van der Waals surface area contributed by atoms with Crippen LogP contribution in [-0.2, 0) is 5.75 Å². The van der Waals surface area contributed by atoms with Gasteiger partial charge in [-0.05, 0) is 42.3 Å². The van der Waals surface area contributed by atoms with Gasteiger partial charge in [-0.2, -0.15) is 0 Å². The second kappa shape index (κ2) is 9.49. The summed E-state index contributed by atoms with van der Waals surface area (Å²) in [5.41, 5.74) is 3.53. The van der Waals surface area contributed by atoms with E-state index in [0.717, 1.165) is 15.7 Å². The Morgan fingerprint density at radius 1 is 1.03 bits per heavy atom. The van der Waals surface area contributed by atoms with Crippen LogP contribution < -0.4 is 15.1 Å². The number of carbonyl (C=O) groups is 1. The molecule has 0 N–H and O–H groups in total. The molecule has 1 aliphatic heterocycles. The number of hydrogen-bond acceptors (Lipinski definition) is 8. The first-order valence-corrected chi connectivity index (χ1v) is 13.4. The molecule has 0 bridgehead atoms. The highest BCUT2D eigenvalue weighted by Gasteiger charge is 2.45. The first-order valence-electron chi connectivity index (χ1n) is 11.6. The average Bonchev–Trinajstić information content (AvgIpc) is 3.51. The summed E-state index contributed by atoms with van der Waals surface area (Å²) in [6, 6.07) is 21.9. The van der Waals surface area contributed by atoms with E-state index in [1.54, 1.807) is 43.1 Å². The first-order chi connectivity index (χ1) is 18.0. The van der Waals surface area contributed by atoms with E-state index in [-0.39, 0.29) is 11.2 Å². The largest absolute Gasteiger partial charge is 0.497 e. The van der Waals surface area contributed by atoms with E-state index in [1.165, 1.54) is 27.4 Å². The van der Waals surface area contributed by atoms with Gasteiger partial charge in [0.25, 0.3) is 5.91 Å². The number of ether oxygens (including phenoxy) is 1. The predicted molar refractivity (Wildman–Crippen MR) is 145 cm³/mol. The van der Waals surface area contributed by atoms with Crippen LogP contribution in [0.5, 0.6) is 5.75 Å². The minimum absolute atomic E-state index is 0.0283. The predicted octanol–water partition coefficient (Wildman–Crippen LogP) is 6.00. The molecule has 1 aliphatic rings. The topological polar surface area (TPSA) is 85.5 Å². The smallest absolute Gasteiger partial charge is 0.297 e. The SMILES string of the molecule is COc1cccc(C2c3c(oc4ccccc4c3=O)C(=O)N2c2nnc(SCc3ccc(C)cc3)s2)c1. The van der Waals surface area contributed by atoms with Gasteiger partial charge >= 0.3 is 0 Å². The third-order valence-electron chi connectivity index (χ3n) is 6.27. The van der Waals surface area contributed by atoms with Crippen LogP contribution in [0.2, 0.25) is 0 Å². The van der Waals surface area contributed by atoms with Gasteiger partial charge in [0.15, 0.2) is 9.77 Å². The molecule has 7 nitrogen and oxygen atoms in total. The van der Waals surface area contributed by atoms with Gasteiger partial charge in [0.1, 0.15) is 11.3 Å². The number of rotatable bonds is 6. The molecule has 9 heteroatoms. The summed E-state index contributed by atoms with van der Waals surface area (Å²) in [5.74, 6) is 0.959. The normalized spacial score (nSPS) is 14.8. The Bertz CT molecular complexity index is 1690. The number of aryl methyl sites for hydroxylation is 1. The van der Waals surface area contributed by atoms with E-state index in [2.05, 4.69) is 41.4 Å². The van der Waals surface area contributed by atoms with Gasteiger partial charge in [-0.3, -0.25) is 14.5 Å². The molecule has 1 amide bonds. The van der Waals surface area contributed by atoms with Gasteiger partial charge in [0.2, 0.25) is 10.9 Å². The molecular formula is C28H21N3O4S2. The van der Waals surface area contributed by atoms with Crippen molar-refractivity contribution in [3.8, 4) is 5.75 Å². The fourth-order valence-corrected chi connectivity index (χ4v) is 6.25. The van der Waals surface area contributed by atoms with Crippen molar-refractivity contribution in [2.45, 2.75) is 23.1 Å². The molecule has 3 aromatic carbocycles. The number of methoxy groups -OCH3 is 1. The van der Waals surface area contributed by atoms with Crippen molar-refractivity contribution in [1.29, 1.82) is 0 Å². The van der Waals surface area contributed by atoms with Crippen LogP contribution in [0.15, 0.2) is 86.3 Å². The molecular weight excluding hydrogens is 506 g/mol. The molecule has 0 aliphatic carbocycles. The fourth-order valence-electron chi connectivity index (χ4n) is 4.43. The highest BCUT2D eigenvalue weighted by molar-refractivity contribution is 8.00. The Kier molecular flexibility index (Phi) is 6.02. The molecule has 1 atom stereocenters. The van der Waals surface area contributed by atoms with Gasteiger partial charge in [0.05, 0.1) is 24.1 Å². The van der Waals surface area contributed by atoms with Gasteiger partial charge in [-0.1, -0.05) is 77.2 Å². The zero-order valence-electron chi connectivity index (χ0n) is 20.0. The summed E-state index contributed by atoms with van der Waals surface area (Å²) in [4.78, 5) is 28.9. The lowest BCUT2D eigenvalue weighted by Crippen LogP contribution is -2.29. The van der Waals surface area contributed by atoms with E-state index in [9.17, 15) is 9.59 Å². The molecule has 3 heterocycles. The summed E-state index contributed by atoms with van der Waals surface area (Å²) in [6.07, 6.45) is 0. The molecule has 0 spiro atoms. The van der Waals surface area contributed by atoms with Gasteiger partial charge in [-0.25, -0.2) is 0 Å². The van der Waals surface area contributed by atoms with Crippen LogP contribution >= 0.6 is 23.1 Å². The fraction of sp³-hybridized carbons (Fsp3) is 0.143. The van der Waals surface area contributed by atoms with Crippen LogP contribution in [-0.4, -0.2) is 23.2 Å². The second-order valence-corrected chi connectivity index (χ2v) is 10.8. The molecule has 5 aromatic rings. The van der Waals surface area contributed by atoms with Crippen molar-refractivity contribution in [2.24, 2.45) is 0 Å². The number of carbonyl (C=O) groups excluding carboxylic acids is 1. The lowest BCUT2D eigenvalue weighted by Gasteiger charge is -2.22. The van der Waals surface area contributed by atoms with Gasteiger partial charge < -0.3 is 9.15 Å². The molecule has 0 saturated heterocycles. The molecule has 0 fully saturated rings. The number of thioether (sulfide) groups is 1. The Hall–Kier alpha value is -3.95. The van der Waals surface area contributed by atoms with E-state index in [4.69, 9.17) is 9.15 Å². The molecule has 2 aromatic heterocycles. The van der Waals surface area contributed by atoms with Gasteiger partial charge in [-0.15, -0.1) is 10.2 Å². The van der Waals surface area contributed by atoms with Crippen LogP contribution in [0.3, 0.4) is 0 Å². The Labute approximate surface area is 220 Å². The molecule has 6 rings (SSSR count). The number of anilines is 1. The average molecular weight is 528 g/mol. The molecule has 1 unspecified atom stereocenters. The first kappa shape index (κ1) is 23.4. The van der Waals surface area contributed by atoms with E-state index >= 15 is 0 Å². The Morgan fingerprint density at radius 2 is 1.84 bits per heavy atom. The van der Waals surface area contributed by atoms with Crippen molar-refractivity contribution in [1.82, 2.24) is 10.2 Å². The van der Waals surface area contributed by atoms with Crippen molar-refractivity contribution in [3.63, 3.8) is 0 Å². The van der Waals surface area contributed by atoms with Crippen LogP contribution in [0.4, 0.5) is 5.13 Å². The zero-order chi connectivity index (χ0) is 25.5. The summed E-state index contributed by atoms with van der Waals surface area (Å²) in [5, 5.41) is 9.52. The lowest BCUT2D eigenvalue weighted by molar-refractivity contribution is 0.0970. The summed E-state index contributed by atoms with van der Waals surface area (Å²) >= 11 is 2.87. The number of fused-ring (bicyclic) bond motifs is 2. The Morgan fingerprint density at radius 3 is 2.65 bits per heavy atom. The maximum Gasteiger partial charge on any atom is 0.297 e. The third-order valence-corrected chi connectivity index (χ3v) is 8.40. The van der Waals surface area contributed by atoms with Crippen molar-refractivity contribution in [3.05, 3.63) is 111 Å². The van der Waals surface area contributed by atoms with Crippen LogP contribution in [0, 0.1) is 6.92 Å². The zero-order valence-corrected chi connectivity index (χ0v) is 21.6. The minimum Gasteiger partial charge on any atom is -0.497 e. The summed E-state index contributed by atoms with van der Waals surface area (Å²) in [7, 11) is 1.58. The number of aromatic nitrogens is 2. The van der Waals surface area contributed by atoms with Gasteiger partial charge in [0, 0.05) is 5.75 Å². The second-order valence-electron chi connectivity index (χ2n) is 8.65. The number of amides is 1. The van der Waals surface area contributed by atoms with Crippen LogP contribution in [0.25, 0.3) is 11.0 Å².